The smallest absolute Gasteiger partial charge is 0.251 e. The number of sulfonamides is 1. The van der Waals surface area contributed by atoms with Crippen molar-refractivity contribution in [1.29, 1.82) is 0 Å². The van der Waals surface area contributed by atoms with Gasteiger partial charge in [-0.1, -0.05) is 19.1 Å². The molecule has 50 heavy (non-hydrogen) atoms. The maximum absolute atomic E-state index is 13.2. The highest BCUT2D eigenvalue weighted by molar-refractivity contribution is 9.10. The second-order valence-corrected chi connectivity index (χ2v) is 15.4. The molecule has 2 fully saturated rings. The number of nitrogens with one attached hydrogen (secondary N) is 3. The van der Waals surface area contributed by atoms with Gasteiger partial charge in [-0.3, -0.25) is 9.59 Å². The van der Waals surface area contributed by atoms with Crippen molar-refractivity contribution in [3.8, 4) is 0 Å². The Morgan fingerprint density at radius 1 is 1.04 bits per heavy atom. The van der Waals surface area contributed by atoms with Crippen molar-refractivity contribution in [1.82, 2.24) is 19.6 Å². The van der Waals surface area contributed by atoms with E-state index in [9.17, 15) is 18.0 Å². The van der Waals surface area contributed by atoms with Gasteiger partial charge in [0.15, 0.2) is 0 Å². The van der Waals surface area contributed by atoms with Gasteiger partial charge in [0.25, 0.3) is 5.91 Å². The summed E-state index contributed by atoms with van der Waals surface area (Å²) in [6, 6.07) is 5.38. The van der Waals surface area contributed by atoms with Crippen molar-refractivity contribution in [2.75, 3.05) is 88.9 Å². The molecular formula is C33H50BrN7O8S. The number of amides is 2. The lowest BCUT2D eigenvalue weighted by Gasteiger charge is -2.38. The molecule has 1 spiro atoms. The Labute approximate surface area is 302 Å². The number of halogens is 1. The third kappa shape index (κ3) is 12.1. The summed E-state index contributed by atoms with van der Waals surface area (Å²) >= 11 is 3.48. The van der Waals surface area contributed by atoms with Gasteiger partial charge >= 0.3 is 0 Å². The Hall–Kier alpha value is -2.93. The Kier molecular flexibility index (Phi) is 15.6. The largest absolute Gasteiger partial charge is 0.379 e. The van der Waals surface area contributed by atoms with Crippen molar-refractivity contribution >= 4 is 55.2 Å². The summed E-state index contributed by atoms with van der Waals surface area (Å²) < 4.78 is 50.2. The van der Waals surface area contributed by atoms with Crippen LogP contribution in [0, 0.1) is 12.3 Å². The van der Waals surface area contributed by atoms with Crippen LogP contribution in [0.15, 0.2) is 28.9 Å². The molecule has 1 atom stereocenters. The molecule has 1 unspecified atom stereocenters. The molecule has 1 saturated carbocycles. The number of benzene rings is 1. The zero-order valence-electron chi connectivity index (χ0n) is 28.9. The van der Waals surface area contributed by atoms with Crippen molar-refractivity contribution in [3.05, 3.63) is 40.0 Å². The average Bonchev–Trinajstić information content (AvgIpc) is 3.85. The van der Waals surface area contributed by atoms with Crippen LogP contribution < -0.4 is 21.7 Å². The first kappa shape index (κ1) is 39.8. The number of aryl methyl sites for hydroxylation is 1. The number of primary amides is 1. The molecule has 5 N–H and O–H groups in total. The number of nitrogens with two attached hydrogens (primary N) is 1. The summed E-state index contributed by atoms with van der Waals surface area (Å²) in [6.45, 7) is 8.38. The van der Waals surface area contributed by atoms with Gasteiger partial charge < -0.3 is 40.6 Å². The minimum atomic E-state index is -3.58. The second-order valence-electron chi connectivity index (χ2n) is 12.4. The van der Waals surface area contributed by atoms with Gasteiger partial charge in [-0.25, -0.2) is 17.7 Å². The van der Waals surface area contributed by atoms with Gasteiger partial charge in [0.05, 0.1) is 67.7 Å². The minimum Gasteiger partial charge on any atom is -0.379 e. The van der Waals surface area contributed by atoms with Crippen LogP contribution in [0.5, 0.6) is 0 Å². The number of aromatic nitrogens is 2. The van der Waals surface area contributed by atoms with Crippen molar-refractivity contribution in [3.63, 3.8) is 0 Å². The lowest BCUT2D eigenvalue weighted by atomic mass is 9.90. The first-order chi connectivity index (χ1) is 24.0. The van der Waals surface area contributed by atoms with E-state index in [0.29, 0.717) is 86.6 Å². The summed E-state index contributed by atoms with van der Waals surface area (Å²) in [5.74, 6) is -0.128. The van der Waals surface area contributed by atoms with Crippen molar-refractivity contribution < 1.29 is 37.0 Å². The number of rotatable bonds is 23. The SMILES string of the molecule is CCCOCCOCCOCCOCCC(=O)NCCS(=O)(=O)N1CCC(Nc2ncc(Br)c(Nc3cccc(C)c3C(N)=O)n2)C2(CC2)C1. The molecule has 2 heterocycles. The van der Waals surface area contributed by atoms with E-state index < -0.39 is 15.9 Å². The van der Waals surface area contributed by atoms with Crippen LogP contribution in [0.3, 0.4) is 0 Å². The normalized spacial score (nSPS) is 17.1. The Morgan fingerprint density at radius 2 is 1.70 bits per heavy atom. The van der Waals surface area contributed by atoms with E-state index >= 15 is 0 Å². The molecule has 278 valence electrons. The molecule has 17 heteroatoms. The van der Waals surface area contributed by atoms with Crippen LogP contribution in [0.2, 0.25) is 0 Å². The standard InChI is InChI=1S/C33H50BrN7O8S/c1-3-13-46-15-17-48-19-20-49-18-16-47-14-8-28(42)36-11-21-50(44,45)41-12-7-27(33(23-41)9-10-33)39-32-37-22-25(34)31(40-32)38-26-6-4-5-24(2)29(26)30(35)43/h4-6,22,27H,3,7-21,23H2,1-2H3,(H2,35,43)(H,36,42)(H2,37,38,39,40). The summed E-state index contributed by atoms with van der Waals surface area (Å²) in [5, 5.41) is 9.31. The lowest BCUT2D eigenvalue weighted by Crippen LogP contribution is -2.51. The molecule has 1 aromatic heterocycles. The molecule has 2 amide bonds. The Balaban J connectivity index is 1.14. The number of nitrogens with zero attached hydrogens (tertiary/aromatic N) is 3. The van der Waals surface area contributed by atoms with Gasteiger partial charge in [0, 0.05) is 50.3 Å². The molecule has 0 radical (unpaired) electrons. The molecule has 1 aromatic carbocycles. The number of piperidine rings is 1. The summed E-state index contributed by atoms with van der Waals surface area (Å²) in [7, 11) is -3.58. The average molecular weight is 785 g/mol. The number of ether oxygens (including phenoxy) is 4. The highest BCUT2D eigenvalue weighted by Gasteiger charge is 2.54. The lowest BCUT2D eigenvalue weighted by molar-refractivity contribution is -0.122. The van der Waals surface area contributed by atoms with E-state index in [1.165, 1.54) is 4.31 Å². The van der Waals surface area contributed by atoms with Gasteiger partial charge in [-0.05, 0) is 60.2 Å². The van der Waals surface area contributed by atoms with Crippen LogP contribution in [0.25, 0.3) is 0 Å². The Morgan fingerprint density at radius 3 is 2.34 bits per heavy atom. The molecule has 1 aliphatic heterocycles. The topological polar surface area (TPSA) is 196 Å². The fourth-order valence-corrected chi connectivity index (χ4v) is 7.51. The molecule has 2 aliphatic rings. The molecule has 2 aromatic rings. The third-order valence-electron chi connectivity index (χ3n) is 8.62. The molecule has 1 saturated heterocycles. The van der Waals surface area contributed by atoms with E-state index in [-0.39, 0.29) is 42.7 Å². The highest BCUT2D eigenvalue weighted by Crippen LogP contribution is 2.53. The molecular weight excluding hydrogens is 734 g/mol. The fourth-order valence-electron chi connectivity index (χ4n) is 5.76. The van der Waals surface area contributed by atoms with Crippen LogP contribution in [0.4, 0.5) is 17.5 Å². The number of carbonyl (C=O) groups is 2. The van der Waals surface area contributed by atoms with Gasteiger partial charge in [0.1, 0.15) is 5.82 Å². The van der Waals surface area contributed by atoms with Crippen LogP contribution in [0.1, 0.15) is 54.9 Å². The molecule has 1 aliphatic carbocycles. The van der Waals surface area contributed by atoms with E-state index in [1.54, 1.807) is 12.3 Å². The van der Waals surface area contributed by atoms with E-state index in [0.717, 1.165) is 31.4 Å². The summed E-state index contributed by atoms with van der Waals surface area (Å²) in [5.41, 5.74) is 7.06. The van der Waals surface area contributed by atoms with Gasteiger partial charge in [-0.2, -0.15) is 4.98 Å². The second kappa shape index (κ2) is 19.6. The van der Waals surface area contributed by atoms with Crippen LogP contribution in [-0.4, -0.2) is 119 Å². The minimum absolute atomic E-state index is 0.0167. The summed E-state index contributed by atoms with van der Waals surface area (Å²) in [4.78, 5) is 33.4. The van der Waals surface area contributed by atoms with E-state index in [1.807, 2.05) is 19.1 Å². The van der Waals surface area contributed by atoms with E-state index in [2.05, 4.69) is 48.8 Å². The zero-order chi connectivity index (χ0) is 36.0. The van der Waals surface area contributed by atoms with Gasteiger partial charge in [0.2, 0.25) is 21.9 Å². The first-order valence-corrected chi connectivity index (χ1v) is 19.5. The zero-order valence-corrected chi connectivity index (χ0v) is 31.3. The highest BCUT2D eigenvalue weighted by atomic mass is 79.9. The maximum atomic E-state index is 13.2. The van der Waals surface area contributed by atoms with Crippen LogP contribution >= 0.6 is 15.9 Å². The van der Waals surface area contributed by atoms with Gasteiger partial charge in [-0.15, -0.1) is 0 Å². The van der Waals surface area contributed by atoms with E-state index in [4.69, 9.17) is 24.7 Å². The number of hydrogen-bond donors (Lipinski definition) is 4. The quantitative estimate of drug-likeness (QED) is 0.121. The first-order valence-electron chi connectivity index (χ1n) is 17.1. The monoisotopic (exact) mass is 783 g/mol. The number of carbonyl (C=O) groups excluding carboxylic acids is 2. The molecule has 0 bridgehead atoms. The predicted molar refractivity (Wildman–Crippen MR) is 193 cm³/mol. The maximum Gasteiger partial charge on any atom is 0.251 e. The Bertz CT molecular complexity index is 1530. The number of hydrogen-bond acceptors (Lipinski definition) is 12. The fraction of sp³-hybridized carbons (Fsp3) is 0.636. The molecule has 15 nitrogen and oxygen atoms in total. The third-order valence-corrected chi connectivity index (χ3v) is 11.0. The predicted octanol–water partition coefficient (Wildman–Crippen LogP) is 2.97. The van der Waals surface area contributed by atoms with Crippen LogP contribution in [-0.2, 0) is 33.8 Å². The van der Waals surface area contributed by atoms with Crippen molar-refractivity contribution in [2.45, 2.75) is 52.0 Å². The summed E-state index contributed by atoms with van der Waals surface area (Å²) in [6.07, 6.45) is 5.09. The molecule has 4 rings (SSSR count). The van der Waals surface area contributed by atoms with Crippen molar-refractivity contribution in [2.24, 2.45) is 11.1 Å². The number of anilines is 3.